The van der Waals surface area contributed by atoms with Crippen molar-refractivity contribution in [2.24, 2.45) is 7.05 Å². The summed E-state index contributed by atoms with van der Waals surface area (Å²) in [6.07, 6.45) is 1.62. The third kappa shape index (κ3) is 7.51. The fourth-order valence-corrected chi connectivity index (χ4v) is 6.05. The first-order valence-corrected chi connectivity index (χ1v) is 15.9. The Bertz CT molecular complexity index is 1910. The van der Waals surface area contributed by atoms with Gasteiger partial charge in [0.15, 0.2) is 0 Å². The first kappa shape index (κ1) is 31.3. The third-order valence-electron chi connectivity index (χ3n) is 6.96. The fraction of sp³-hybridized carbons (Fsp3) is 0.118. The zero-order valence-corrected chi connectivity index (χ0v) is 26.4. The molecule has 0 radical (unpaired) electrons. The van der Waals surface area contributed by atoms with E-state index in [0.29, 0.717) is 22.6 Å². The highest BCUT2D eigenvalue weighted by atomic mass is 32.2. The van der Waals surface area contributed by atoms with Gasteiger partial charge in [0, 0.05) is 23.2 Å². The Balaban J connectivity index is 1.28. The fourth-order valence-electron chi connectivity index (χ4n) is 4.51. The van der Waals surface area contributed by atoms with Crippen LogP contribution in [-0.2, 0) is 16.6 Å². The van der Waals surface area contributed by atoms with E-state index in [2.05, 4.69) is 16.0 Å². The van der Waals surface area contributed by atoms with Crippen molar-refractivity contribution in [2.75, 3.05) is 10.6 Å². The molecule has 3 N–H and O–H groups in total. The molecular weight excluding hydrogens is 607 g/mol. The first-order valence-electron chi connectivity index (χ1n) is 14.0. The van der Waals surface area contributed by atoms with Gasteiger partial charge in [0.25, 0.3) is 17.4 Å². The topological polar surface area (TPSA) is 114 Å². The number of anilines is 2. The number of nitrogens with one attached hydrogen (secondary N) is 3. The SMILES string of the molecule is Cc1c(NC(=O)C(C)Sc2cccc(NC(=O)/C(=C/c3ccsc3)NC(=O)c3ccccc3)c2)c(=O)n(-c2ccccc2)n1C. The van der Waals surface area contributed by atoms with Gasteiger partial charge in [-0.3, -0.25) is 23.9 Å². The van der Waals surface area contributed by atoms with Gasteiger partial charge < -0.3 is 16.0 Å². The lowest BCUT2D eigenvalue weighted by Crippen LogP contribution is -2.30. The Morgan fingerprint density at radius 3 is 2.31 bits per heavy atom. The number of aromatic nitrogens is 2. The predicted octanol–water partition coefficient (Wildman–Crippen LogP) is 6.07. The summed E-state index contributed by atoms with van der Waals surface area (Å²) in [6.45, 7) is 3.53. The van der Waals surface area contributed by atoms with Gasteiger partial charge in [0.1, 0.15) is 11.4 Å². The molecule has 2 heterocycles. The second-order valence-corrected chi connectivity index (χ2v) is 12.3. The van der Waals surface area contributed by atoms with E-state index in [-0.39, 0.29) is 22.9 Å². The molecule has 45 heavy (non-hydrogen) atoms. The number of amides is 3. The average molecular weight is 638 g/mol. The molecule has 0 bridgehead atoms. The molecule has 1 unspecified atom stereocenters. The van der Waals surface area contributed by atoms with Crippen LogP contribution >= 0.6 is 23.1 Å². The van der Waals surface area contributed by atoms with Crippen molar-refractivity contribution in [3.8, 4) is 5.69 Å². The van der Waals surface area contributed by atoms with Gasteiger partial charge in [-0.25, -0.2) is 4.68 Å². The Labute approximate surface area is 268 Å². The largest absolute Gasteiger partial charge is 0.321 e. The average Bonchev–Trinajstić information content (AvgIpc) is 3.63. The summed E-state index contributed by atoms with van der Waals surface area (Å²) in [4.78, 5) is 53.4. The van der Waals surface area contributed by atoms with E-state index in [0.717, 1.165) is 10.5 Å². The first-order chi connectivity index (χ1) is 21.7. The Morgan fingerprint density at radius 1 is 0.911 bits per heavy atom. The van der Waals surface area contributed by atoms with Gasteiger partial charge in [-0.1, -0.05) is 42.5 Å². The Morgan fingerprint density at radius 2 is 1.62 bits per heavy atom. The van der Waals surface area contributed by atoms with Gasteiger partial charge in [0.2, 0.25) is 5.91 Å². The second kappa shape index (κ2) is 14.1. The normalized spacial score (nSPS) is 11.9. The molecule has 0 saturated carbocycles. The standard InChI is InChI=1S/C34H31N5O4S2/c1-22-30(34(43)39(38(22)3)27-14-8-5-9-15-27)37-31(40)23(2)45-28-16-10-13-26(20-28)35-33(42)29(19-24-17-18-44-21-24)36-32(41)25-11-6-4-7-12-25/h4-21,23H,1-3H3,(H,35,42)(H,36,41)(H,37,40)/b29-19-. The third-order valence-corrected chi connectivity index (χ3v) is 8.75. The molecule has 0 aliphatic rings. The summed E-state index contributed by atoms with van der Waals surface area (Å²) in [5.41, 5.74) is 3.03. The van der Waals surface area contributed by atoms with Gasteiger partial charge in [-0.2, -0.15) is 11.3 Å². The van der Waals surface area contributed by atoms with Gasteiger partial charge in [-0.15, -0.1) is 11.8 Å². The molecule has 0 saturated heterocycles. The minimum absolute atomic E-state index is 0.0902. The smallest absolute Gasteiger partial charge is 0.295 e. The maximum Gasteiger partial charge on any atom is 0.295 e. The molecule has 0 spiro atoms. The number of benzene rings is 3. The molecule has 9 nitrogen and oxygen atoms in total. The highest BCUT2D eigenvalue weighted by Crippen LogP contribution is 2.27. The number of nitrogens with zero attached hydrogens (tertiary/aromatic N) is 2. The molecule has 5 rings (SSSR count). The summed E-state index contributed by atoms with van der Waals surface area (Å²) >= 11 is 2.77. The number of hydrogen-bond acceptors (Lipinski definition) is 6. The van der Waals surface area contributed by atoms with Crippen molar-refractivity contribution in [2.45, 2.75) is 24.0 Å². The van der Waals surface area contributed by atoms with E-state index in [1.807, 2.05) is 59.3 Å². The molecule has 3 amide bonds. The van der Waals surface area contributed by atoms with E-state index in [9.17, 15) is 19.2 Å². The summed E-state index contributed by atoms with van der Waals surface area (Å²) in [5, 5.41) is 11.6. The molecule has 228 valence electrons. The highest BCUT2D eigenvalue weighted by Gasteiger charge is 2.22. The van der Waals surface area contributed by atoms with Crippen molar-refractivity contribution in [1.82, 2.24) is 14.7 Å². The van der Waals surface area contributed by atoms with Crippen LogP contribution in [0.15, 0.2) is 117 Å². The van der Waals surface area contributed by atoms with Crippen LogP contribution in [0.3, 0.4) is 0 Å². The van der Waals surface area contributed by atoms with Crippen LogP contribution in [0.2, 0.25) is 0 Å². The Hall–Kier alpha value is -5.13. The second-order valence-electron chi connectivity index (χ2n) is 10.1. The molecule has 0 aliphatic carbocycles. The quantitative estimate of drug-likeness (QED) is 0.127. The van der Waals surface area contributed by atoms with Gasteiger partial charge >= 0.3 is 0 Å². The zero-order valence-electron chi connectivity index (χ0n) is 24.8. The van der Waals surface area contributed by atoms with Crippen molar-refractivity contribution in [3.63, 3.8) is 0 Å². The van der Waals surface area contributed by atoms with Crippen molar-refractivity contribution < 1.29 is 14.4 Å². The van der Waals surface area contributed by atoms with Crippen LogP contribution in [0.25, 0.3) is 11.8 Å². The maximum absolute atomic E-state index is 13.4. The number of para-hydroxylation sites is 1. The Kier molecular flexibility index (Phi) is 9.81. The lowest BCUT2D eigenvalue weighted by atomic mass is 10.2. The molecule has 1 atom stereocenters. The van der Waals surface area contributed by atoms with Crippen LogP contribution in [-0.4, -0.2) is 32.3 Å². The monoisotopic (exact) mass is 637 g/mol. The van der Waals surface area contributed by atoms with Crippen LogP contribution in [0.5, 0.6) is 0 Å². The zero-order chi connectivity index (χ0) is 31.9. The summed E-state index contributed by atoms with van der Waals surface area (Å²) in [6, 6.07) is 26.8. The molecule has 11 heteroatoms. The predicted molar refractivity (Wildman–Crippen MR) is 181 cm³/mol. The number of thiophene rings is 1. The van der Waals surface area contributed by atoms with Crippen molar-refractivity contribution in [3.05, 3.63) is 135 Å². The lowest BCUT2D eigenvalue weighted by molar-refractivity contribution is -0.115. The van der Waals surface area contributed by atoms with Crippen LogP contribution in [0.1, 0.15) is 28.5 Å². The van der Waals surface area contributed by atoms with Crippen LogP contribution < -0.4 is 21.5 Å². The van der Waals surface area contributed by atoms with Crippen molar-refractivity contribution in [1.29, 1.82) is 0 Å². The maximum atomic E-state index is 13.4. The summed E-state index contributed by atoms with van der Waals surface area (Å²) in [5.74, 6) is -1.22. The number of rotatable bonds is 10. The molecule has 0 fully saturated rings. The number of carbonyl (C=O) groups is 3. The lowest BCUT2D eigenvalue weighted by Gasteiger charge is -2.14. The van der Waals surface area contributed by atoms with E-state index in [1.54, 1.807) is 74.1 Å². The van der Waals surface area contributed by atoms with E-state index < -0.39 is 17.1 Å². The highest BCUT2D eigenvalue weighted by molar-refractivity contribution is 8.00. The molecule has 3 aromatic carbocycles. The van der Waals surface area contributed by atoms with Crippen LogP contribution in [0, 0.1) is 6.92 Å². The van der Waals surface area contributed by atoms with Crippen molar-refractivity contribution >= 4 is 58.3 Å². The summed E-state index contributed by atoms with van der Waals surface area (Å²) in [7, 11) is 1.77. The van der Waals surface area contributed by atoms with Gasteiger partial charge in [0.05, 0.1) is 16.6 Å². The minimum atomic E-state index is -0.556. The summed E-state index contributed by atoms with van der Waals surface area (Å²) < 4.78 is 3.22. The van der Waals surface area contributed by atoms with Gasteiger partial charge in [-0.05, 0) is 84.8 Å². The molecule has 2 aromatic heterocycles. The molecular formula is C34H31N5O4S2. The number of carbonyl (C=O) groups excluding carboxylic acids is 3. The number of thioether (sulfide) groups is 1. The number of hydrogen-bond donors (Lipinski definition) is 3. The van der Waals surface area contributed by atoms with E-state index >= 15 is 0 Å². The minimum Gasteiger partial charge on any atom is -0.321 e. The molecule has 5 aromatic rings. The van der Waals surface area contributed by atoms with E-state index in [4.69, 9.17) is 0 Å². The molecule has 0 aliphatic heterocycles. The van der Waals surface area contributed by atoms with Crippen LogP contribution in [0.4, 0.5) is 11.4 Å². The van der Waals surface area contributed by atoms with E-state index in [1.165, 1.54) is 27.8 Å².